The molecule has 2 aromatic carbocycles. The van der Waals surface area contributed by atoms with Crippen LogP contribution < -0.4 is 14.8 Å². The number of anilines is 1. The molecule has 5 nitrogen and oxygen atoms in total. The Bertz CT molecular complexity index is 809. The van der Waals surface area contributed by atoms with Gasteiger partial charge in [0, 0.05) is 32.7 Å². The average Bonchev–Trinajstić information content (AvgIpc) is 3.12. The smallest absolute Gasteiger partial charge is 0.231 e. The summed E-state index contributed by atoms with van der Waals surface area (Å²) in [5.41, 5.74) is 2.08. The second-order valence-corrected chi connectivity index (χ2v) is 7.15. The van der Waals surface area contributed by atoms with E-state index in [-0.39, 0.29) is 0 Å². The number of halogens is 1. The van der Waals surface area contributed by atoms with Gasteiger partial charge in [-0.25, -0.2) is 0 Å². The highest BCUT2D eigenvalue weighted by Gasteiger charge is 2.20. The first-order valence-electron chi connectivity index (χ1n) is 8.60. The van der Waals surface area contributed by atoms with Crippen LogP contribution >= 0.6 is 23.8 Å². The highest BCUT2D eigenvalue weighted by atomic mass is 35.5. The van der Waals surface area contributed by atoms with E-state index in [0.29, 0.717) is 11.8 Å². The van der Waals surface area contributed by atoms with Crippen LogP contribution in [0.2, 0.25) is 5.02 Å². The second-order valence-electron chi connectivity index (χ2n) is 6.36. The predicted octanol–water partition coefficient (Wildman–Crippen LogP) is 3.58. The molecule has 0 aromatic heterocycles. The Morgan fingerprint density at radius 1 is 1.04 bits per heavy atom. The number of benzene rings is 2. The van der Waals surface area contributed by atoms with Crippen molar-refractivity contribution in [3.05, 3.63) is 53.1 Å². The molecule has 2 heterocycles. The van der Waals surface area contributed by atoms with Crippen molar-refractivity contribution in [3.8, 4) is 11.5 Å². The molecule has 7 heteroatoms. The number of ether oxygens (including phenoxy) is 2. The molecule has 0 amide bonds. The van der Waals surface area contributed by atoms with Gasteiger partial charge in [-0.05, 0) is 42.0 Å². The summed E-state index contributed by atoms with van der Waals surface area (Å²) in [6, 6.07) is 13.8. The molecule has 0 bridgehead atoms. The third kappa shape index (κ3) is 3.87. The number of piperazine rings is 1. The zero-order valence-corrected chi connectivity index (χ0v) is 15.9. The van der Waals surface area contributed by atoms with E-state index in [4.69, 9.17) is 33.3 Å². The summed E-state index contributed by atoms with van der Waals surface area (Å²) < 4.78 is 10.8. The lowest BCUT2D eigenvalue weighted by molar-refractivity contribution is 0.173. The minimum Gasteiger partial charge on any atom is -0.454 e. The average molecular weight is 390 g/mol. The van der Waals surface area contributed by atoms with E-state index in [1.165, 1.54) is 5.56 Å². The van der Waals surface area contributed by atoms with Gasteiger partial charge in [0.15, 0.2) is 16.6 Å². The molecule has 136 valence electrons. The number of thiocarbonyl (C=S) groups is 1. The molecule has 1 saturated heterocycles. The van der Waals surface area contributed by atoms with E-state index in [1.807, 2.05) is 30.3 Å². The summed E-state index contributed by atoms with van der Waals surface area (Å²) >= 11 is 11.7. The molecule has 0 unspecified atom stereocenters. The maximum atomic E-state index is 6.19. The van der Waals surface area contributed by atoms with Crippen LogP contribution in [0.3, 0.4) is 0 Å². The van der Waals surface area contributed by atoms with Crippen molar-refractivity contribution in [1.29, 1.82) is 0 Å². The van der Waals surface area contributed by atoms with Gasteiger partial charge in [0.2, 0.25) is 6.79 Å². The molecule has 1 N–H and O–H groups in total. The van der Waals surface area contributed by atoms with Gasteiger partial charge < -0.3 is 19.7 Å². The Morgan fingerprint density at radius 3 is 2.62 bits per heavy atom. The van der Waals surface area contributed by atoms with E-state index < -0.39 is 0 Å². The normalized spacial score (nSPS) is 16.6. The maximum absolute atomic E-state index is 6.19. The lowest BCUT2D eigenvalue weighted by Gasteiger charge is -2.36. The Labute approximate surface area is 163 Å². The Balaban J connectivity index is 1.30. The SMILES string of the molecule is S=C(Nc1ccccc1Cl)N1CCN(Cc2ccc3c(c2)OCO3)CC1. The molecule has 0 aliphatic carbocycles. The Morgan fingerprint density at radius 2 is 1.81 bits per heavy atom. The number of hydrogen-bond donors (Lipinski definition) is 1. The lowest BCUT2D eigenvalue weighted by atomic mass is 10.1. The number of fused-ring (bicyclic) bond motifs is 1. The number of rotatable bonds is 3. The van der Waals surface area contributed by atoms with Crippen LogP contribution in [0.1, 0.15) is 5.56 Å². The van der Waals surface area contributed by atoms with Crippen LogP contribution in [-0.2, 0) is 6.54 Å². The van der Waals surface area contributed by atoms with Gasteiger partial charge in [-0.3, -0.25) is 4.90 Å². The zero-order valence-electron chi connectivity index (χ0n) is 14.3. The molecule has 2 aromatic rings. The number of nitrogens with zero attached hydrogens (tertiary/aromatic N) is 2. The van der Waals surface area contributed by atoms with Gasteiger partial charge in [-0.15, -0.1) is 0 Å². The van der Waals surface area contributed by atoms with Gasteiger partial charge in [0.1, 0.15) is 0 Å². The van der Waals surface area contributed by atoms with Crippen molar-refractivity contribution >= 4 is 34.6 Å². The molecule has 0 spiro atoms. The fraction of sp³-hybridized carbons (Fsp3) is 0.316. The molecular formula is C19H20ClN3O2S. The first-order chi connectivity index (χ1) is 12.7. The molecule has 1 fully saturated rings. The standard InChI is InChI=1S/C19H20ClN3O2S/c20-15-3-1-2-4-16(15)21-19(26)23-9-7-22(8-10-23)12-14-5-6-17-18(11-14)25-13-24-17/h1-6,11H,7-10,12-13H2,(H,21,26). The van der Waals surface area contributed by atoms with Gasteiger partial charge in [0.25, 0.3) is 0 Å². The van der Waals surface area contributed by atoms with Crippen LogP contribution in [0.25, 0.3) is 0 Å². The quantitative estimate of drug-likeness (QED) is 0.809. The molecule has 2 aliphatic heterocycles. The van der Waals surface area contributed by atoms with Crippen molar-refractivity contribution in [2.75, 3.05) is 38.3 Å². The zero-order chi connectivity index (χ0) is 17.9. The van der Waals surface area contributed by atoms with E-state index >= 15 is 0 Å². The summed E-state index contributed by atoms with van der Waals surface area (Å²) in [4.78, 5) is 4.61. The first kappa shape index (κ1) is 17.4. The summed E-state index contributed by atoms with van der Waals surface area (Å²) in [5, 5.41) is 4.65. The highest BCUT2D eigenvalue weighted by molar-refractivity contribution is 7.80. The summed E-state index contributed by atoms with van der Waals surface area (Å²) in [6.45, 7) is 4.90. The van der Waals surface area contributed by atoms with Crippen LogP contribution in [0.4, 0.5) is 5.69 Å². The summed E-state index contributed by atoms with van der Waals surface area (Å²) in [5.74, 6) is 1.67. The maximum Gasteiger partial charge on any atom is 0.231 e. The topological polar surface area (TPSA) is 37.0 Å². The fourth-order valence-electron chi connectivity index (χ4n) is 3.16. The Hall–Kier alpha value is -2.02. The monoisotopic (exact) mass is 389 g/mol. The molecule has 4 rings (SSSR count). The number of para-hydroxylation sites is 1. The minimum absolute atomic E-state index is 0.313. The second kappa shape index (κ2) is 7.70. The van der Waals surface area contributed by atoms with Crippen LogP contribution in [-0.4, -0.2) is 47.9 Å². The summed E-state index contributed by atoms with van der Waals surface area (Å²) in [6.07, 6.45) is 0. The third-order valence-electron chi connectivity index (χ3n) is 4.62. The molecule has 26 heavy (non-hydrogen) atoms. The van der Waals surface area contributed by atoms with Gasteiger partial charge in [0.05, 0.1) is 10.7 Å². The predicted molar refractivity (Wildman–Crippen MR) is 107 cm³/mol. The molecule has 0 radical (unpaired) electrons. The first-order valence-corrected chi connectivity index (χ1v) is 9.39. The van der Waals surface area contributed by atoms with Crippen LogP contribution in [0.5, 0.6) is 11.5 Å². The van der Waals surface area contributed by atoms with Crippen molar-refractivity contribution in [3.63, 3.8) is 0 Å². The van der Waals surface area contributed by atoms with Crippen molar-refractivity contribution < 1.29 is 9.47 Å². The van der Waals surface area contributed by atoms with E-state index in [2.05, 4.69) is 27.2 Å². The molecule has 0 atom stereocenters. The van der Waals surface area contributed by atoms with E-state index in [9.17, 15) is 0 Å². The van der Waals surface area contributed by atoms with Gasteiger partial charge in [-0.1, -0.05) is 29.8 Å². The minimum atomic E-state index is 0.313. The van der Waals surface area contributed by atoms with Crippen molar-refractivity contribution in [2.24, 2.45) is 0 Å². The van der Waals surface area contributed by atoms with Gasteiger partial charge in [-0.2, -0.15) is 0 Å². The van der Waals surface area contributed by atoms with Crippen molar-refractivity contribution in [2.45, 2.75) is 6.54 Å². The van der Waals surface area contributed by atoms with E-state index in [1.54, 1.807) is 0 Å². The van der Waals surface area contributed by atoms with Crippen LogP contribution in [0, 0.1) is 0 Å². The third-order valence-corrected chi connectivity index (χ3v) is 5.31. The molecular weight excluding hydrogens is 370 g/mol. The van der Waals surface area contributed by atoms with Crippen molar-refractivity contribution in [1.82, 2.24) is 9.80 Å². The fourth-order valence-corrected chi connectivity index (χ4v) is 3.64. The highest BCUT2D eigenvalue weighted by Crippen LogP contribution is 2.32. The van der Waals surface area contributed by atoms with Gasteiger partial charge >= 0.3 is 0 Å². The van der Waals surface area contributed by atoms with Crippen LogP contribution in [0.15, 0.2) is 42.5 Å². The molecule has 0 saturated carbocycles. The van der Waals surface area contributed by atoms with E-state index in [0.717, 1.165) is 55.0 Å². The summed E-state index contributed by atoms with van der Waals surface area (Å²) in [7, 11) is 0. The Kier molecular flexibility index (Phi) is 5.15. The molecule has 2 aliphatic rings. The largest absolute Gasteiger partial charge is 0.454 e. The number of hydrogen-bond acceptors (Lipinski definition) is 4. The number of nitrogens with one attached hydrogen (secondary N) is 1. The lowest BCUT2D eigenvalue weighted by Crippen LogP contribution is -2.49.